The van der Waals surface area contributed by atoms with Crippen LogP contribution in [0.3, 0.4) is 0 Å². The largest absolute Gasteiger partial charge is 0.480 e. The van der Waals surface area contributed by atoms with Gasteiger partial charge in [-0.3, -0.25) is 15.1 Å². The van der Waals surface area contributed by atoms with Crippen molar-refractivity contribution in [3.8, 4) is 11.1 Å². The van der Waals surface area contributed by atoms with E-state index in [9.17, 15) is 14.4 Å². The van der Waals surface area contributed by atoms with Gasteiger partial charge >= 0.3 is 12.1 Å². The zero-order valence-corrected chi connectivity index (χ0v) is 18.1. The van der Waals surface area contributed by atoms with Gasteiger partial charge in [0, 0.05) is 11.6 Å². The monoisotopic (exact) mass is 461 g/mol. The number of aliphatic carboxylic acids is 1. The highest BCUT2D eigenvalue weighted by Gasteiger charge is 2.29. The predicted molar refractivity (Wildman–Crippen MR) is 123 cm³/mol. The molecule has 1 heterocycles. The Hall–Kier alpha value is -4.24. The maximum Gasteiger partial charge on any atom is 0.411 e. The first-order valence-electron chi connectivity index (χ1n) is 10.7. The van der Waals surface area contributed by atoms with Crippen LogP contribution in [0.25, 0.3) is 11.1 Å². The van der Waals surface area contributed by atoms with E-state index in [2.05, 4.69) is 27.8 Å². The number of hydrogen-bond acceptors (Lipinski definition) is 6. The molecule has 0 spiro atoms. The quantitative estimate of drug-likeness (QED) is 0.404. The number of aromatic nitrogens is 1. The molecule has 1 aliphatic carbocycles. The highest BCUT2D eigenvalue weighted by atomic mass is 16.5. The second kappa shape index (κ2) is 10.1. The van der Waals surface area contributed by atoms with Crippen molar-refractivity contribution in [2.45, 2.75) is 18.4 Å². The topological polar surface area (TPSA) is 138 Å². The standard InChI is InChI=1S/C25H23N3O6/c29-13-22(24(31)32)28-23(30)11-15-9-10-16(12-26-15)27-25(33)34-14-21-19-7-3-1-5-17(19)18-6-2-4-8-20(18)21/h1-10,12,21-22,29H,11,13-14H2,(H,27,33)(H,28,30)(H,31,32)/t22-/m0/s1. The van der Waals surface area contributed by atoms with Crippen LogP contribution in [0.15, 0.2) is 66.9 Å². The summed E-state index contributed by atoms with van der Waals surface area (Å²) in [6.45, 7) is -0.529. The Morgan fingerprint density at radius 1 is 0.971 bits per heavy atom. The third-order valence-electron chi connectivity index (χ3n) is 5.57. The number of carboxylic acid groups (broad SMARTS) is 1. The van der Waals surface area contributed by atoms with Crippen molar-refractivity contribution in [2.75, 3.05) is 18.5 Å². The average Bonchev–Trinajstić information content (AvgIpc) is 3.16. The van der Waals surface area contributed by atoms with Crippen molar-refractivity contribution < 1.29 is 29.3 Å². The Balaban J connectivity index is 1.32. The van der Waals surface area contributed by atoms with Crippen molar-refractivity contribution >= 4 is 23.7 Å². The summed E-state index contributed by atoms with van der Waals surface area (Å²) >= 11 is 0. The number of nitrogens with one attached hydrogen (secondary N) is 2. The van der Waals surface area contributed by atoms with Crippen molar-refractivity contribution in [1.29, 1.82) is 0 Å². The lowest BCUT2D eigenvalue weighted by molar-refractivity contribution is -0.142. The fraction of sp³-hybridized carbons (Fsp3) is 0.200. The summed E-state index contributed by atoms with van der Waals surface area (Å²) in [5, 5.41) is 22.7. The summed E-state index contributed by atoms with van der Waals surface area (Å²) in [7, 11) is 0. The molecular formula is C25H23N3O6. The van der Waals surface area contributed by atoms with E-state index in [1.807, 2.05) is 36.4 Å². The summed E-state index contributed by atoms with van der Waals surface area (Å²) < 4.78 is 5.50. The van der Waals surface area contributed by atoms with E-state index < -0.39 is 30.6 Å². The SMILES string of the molecule is O=C(Cc1ccc(NC(=O)OCC2c3ccccc3-c3ccccc32)cn1)N[C@@H](CO)C(=O)O. The fourth-order valence-corrected chi connectivity index (χ4v) is 3.95. The molecule has 2 aromatic carbocycles. The van der Waals surface area contributed by atoms with E-state index in [4.69, 9.17) is 14.9 Å². The van der Waals surface area contributed by atoms with E-state index in [1.54, 1.807) is 6.07 Å². The van der Waals surface area contributed by atoms with Gasteiger partial charge < -0.3 is 20.3 Å². The maximum absolute atomic E-state index is 12.4. The van der Waals surface area contributed by atoms with Gasteiger partial charge in [0.05, 0.1) is 24.9 Å². The number of hydrogen-bond donors (Lipinski definition) is 4. The summed E-state index contributed by atoms with van der Waals surface area (Å²) in [6, 6.07) is 17.9. The number of amides is 2. The molecule has 0 radical (unpaired) electrons. The third kappa shape index (κ3) is 5.05. The minimum atomic E-state index is -1.37. The van der Waals surface area contributed by atoms with Crippen molar-refractivity contribution in [1.82, 2.24) is 10.3 Å². The first kappa shape index (κ1) is 22.9. The molecule has 0 saturated carbocycles. The van der Waals surface area contributed by atoms with Crippen LogP contribution in [0.1, 0.15) is 22.7 Å². The molecule has 0 saturated heterocycles. The molecule has 4 N–H and O–H groups in total. The molecule has 1 aliphatic rings. The van der Waals surface area contributed by atoms with Gasteiger partial charge in [-0.2, -0.15) is 0 Å². The summed E-state index contributed by atoms with van der Waals surface area (Å²) in [6.07, 6.45) is 0.584. The van der Waals surface area contributed by atoms with Gasteiger partial charge in [0.2, 0.25) is 5.91 Å². The van der Waals surface area contributed by atoms with E-state index in [0.717, 1.165) is 22.3 Å². The Labute approximate surface area is 195 Å². The van der Waals surface area contributed by atoms with Crippen LogP contribution in [0.5, 0.6) is 0 Å². The number of pyridine rings is 1. The lowest BCUT2D eigenvalue weighted by Gasteiger charge is -2.14. The van der Waals surface area contributed by atoms with Crippen molar-refractivity contribution in [3.63, 3.8) is 0 Å². The number of carboxylic acids is 1. The predicted octanol–water partition coefficient (Wildman–Crippen LogP) is 2.55. The lowest BCUT2D eigenvalue weighted by Crippen LogP contribution is -2.44. The smallest absolute Gasteiger partial charge is 0.411 e. The molecule has 0 unspecified atom stereocenters. The minimum Gasteiger partial charge on any atom is -0.480 e. The highest BCUT2D eigenvalue weighted by Crippen LogP contribution is 2.44. The lowest BCUT2D eigenvalue weighted by atomic mass is 9.98. The second-order valence-electron chi connectivity index (χ2n) is 7.81. The summed E-state index contributed by atoms with van der Waals surface area (Å²) in [4.78, 5) is 39.3. The van der Waals surface area contributed by atoms with Gasteiger partial charge in [0.1, 0.15) is 12.6 Å². The number of ether oxygens (including phenoxy) is 1. The van der Waals surface area contributed by atoms with Crippen molar-refractivity contribution in [2.24, 2.45) is 0 Å². The van der Waals surface area contributed by atoms with Crippen molar-refractivity contribution in [3.05, 3.63) is 83.7 Å². The Kier molecular flexibility index (Phi) is 6.84. The van der Waals surface area contributed by atoms with Crippen LogP contribution in [-0.2, 0) is 20.7 Å². The third-order valence-corrected chi connectivity index (χ3v) is 5.57. The molecule has 3 aromatic rings. The molecule has 9 heteroatoms. The van der Waals surface area contributed by atoms with E-state index in [-0.39, 0.29) is 18.9 Å². The summed E-state index contributed by atoms with van der Waals surface area (Å²) in [5.41, 5.74) is 5.28. The molecule has 4 rings (SSSR count). The van der Waals surface area contributed by atoms with Crippen LogP contribution in [0.2, 0.25) is 0 Å². The van der Waals surface area contributed by atoms with Gasteiger partial charge in [-0.1, -0.05) is 48.5 Å². The highest BCUT2D eigenvalue weighted by molar-refractivity contribution is 5.86. The van der Waals surface area contributed by atoms with Gasteiger partial charge in [0.15, 0.2) is 0 Å². The molecule has 0 fully saturated rings. The zero-order chi connectivity index (χ0) is 24.1. The molecule has 174 valence electrons. The zero-order valence-electron chi connectivity index (χ0n) is 18.1. The first-order chi connectivity index (χ1) is 16.5. The Morgan fingerprint density at radius 3 is 2.18 bits per heavy atom. The summed E-state index contributed by atoms with van der Waals surface area (Å²) in [5.74, 6) is -1.97. The van der Waals surface area contributed by atoms with Crippen LogP contribution in [-0.4, -0.2) is 52.4 Å². The average molecular weight is 461 g/mol. The van der Waals surface area contributed by atoms with Crippen LogP contribution >= 0.6 is 0 Å². The van der Waals surface area contributed by atoms with Gasteiger partial charge in [0.25, 0.3) is 0 Å². The number of carbonyl (C=O) groups is 3. The number of aliphatic hydroxyl groups excluding tert-OH is 1. The van der Waals surface area contributed by atoms with E-state index >= 15 is 0 Å². The number of benzene rings is 2. The molecule has 1 atom stereocenters. The second-order valence-corrected chi connectivity index (χ2v) is 7.81. The number of rotatable bonds is 8. The minimum absolute atomic E-state index is 0.0503. The van der Waals surface area contributed by atoms with E-state index in [1.165, 1.54) is 12.3 Å². The molecule has 34 heavy (non-hydrogen) atoms. The number of carbonyl (C=O) groups excluding carboxylic acids is 2. The normalized spacial score (nSPS) is 12.9. The Bertz CT molecular complexity index is 1170. The van der Waals surface area contributed by atoms with E-state index in [0.29, 0.717) is 11.4 Å². The molecule has 0 aliphatic heterocycles. The van der Waals surface area contributed by atoms with Gasteiger partial charge in [-0.25, -0.2) is 9.59 Å². The van der Waals surface area contributed by atoms with Gasteiger partial charge in [-0.15, -0.1) is 0 Å². The molecule has 1 aromatic heterocycles. The number of fused-ring (bicyclic) bond motifs is 3. The number of anilines is 1. The van der Waals surface area contributed by atoms with Crippen LogP contribution in [0, 0.1) is 0 Å². The van der Waals surface area contributed by atoms with Crippen LogP contribution in [0.4, 0.5) is 10.5 Å². The molecule has 2 amide bonds. The number of nitrogens with zero attached hydrogens (tertiary/aromatic N) is 1. The molecular weight excluding hydrogens is 438 g/mol. The molecule has 0 bridgehead atoms. The fourth-order valence-electron chi connectivity index (χ4n) is 3.95. The molecule has 9 nitrogen and oxygen atoms in total. The first-order valence-corrected chi connectivity index (χ1v) is 10.7. The van der Waals surface area contributed by atoms with Gasteiger partial charge in [-0.05, 0) is 34.4 Å². The maximum atomic E-state index is 12.4. The number of aliphatic hydroxyl groups is 1. The van der Waals surface area contributed by atoms with Crippen LogP contribution < -0.4 is 10.6 Å². The Morgan fingerprint density at radius 2 is 1.62 bits per heavy atom.